The number of ether oxygens (including phenoxy) is 1. The number of amides is 1. The molecule has 0 saturated carbocycles. The van der Waals surface area contributed by atoms with Gasteiger partial charge in [-0.25, -0.2) is 19.2 Å². The Labute approximate surface area is 160 Å². The van der Waals surface area contributed by atoms with Crippen molar-refractivity contribution in [1.82, 2.24) is 9.97 Å². The summed E-state index contributed by atoms with van der Waals surface area (Å²) in [6.07, 6.45) is 2.80. The van der Waals surface area contributed by atoms with Crippen LogP contribution in [0.25, 0.3) is 0 Å². The summed E-state index contributed by atoms with van der Waals surface area (Å²) in [6, 6.07) is 12.4. The minimum atomic E-state index is -0.451. The second kappa shape index (κ2) is 8.72. The highest BCUT2D eigenvalue weighted by Crippen LogP contribution is 2.12. The quantitative estimate of drug-likeness (QED) is 0.638. The fourth-order valence-corrected chi connectivity index (χ4v) is 2.33. The molecule has 2 aromatic carbocycles. The maximum atomic E-state index is 12.9. The summed E-state index contributed by atoms with van der Waals surface area (Å²) < 4.78 is 17.5. The monoisotopic (exact) mass is 380 g/mol. The van der Waals surface area contributed by atoms with Gasteiger partial charge in [0.2, 0.25) is 0 Å². The molecule has 7 nitrogen and oxygen atoms in total. The number of nitrogens with zero attached hydrogens (tertiary/aromatic N) is 2. The number of carbonyl (C=O) groups is 2. The van der Waals surface area contributed by atoms with Gasteiger partial charge in [-0.3, -0.25) is 4.79 Å². The molecular formula is C20H17FN4O3. The topological polar surface area (TPSA) is 93.2 Å². The summed E-state index contributed by atoms with van der Waals surface area (Å²) in [5, 5.41) is 5.72. The van der Waals surface area contributed by atoms with Gasteiger partial charge in [0.1, 0.15) is 17.3 Å². The van der Waals surface area contributed by atoms with Crippen LogP contribution in [0.15, 0.2) is 60.9 Å². The number of hydrogen-bond donors (Lipinski definition) is 2. The fourth-order valence-electron chi connectivity index (χ4n) is 2.33. The van der Waals surface area contributed by atoms with Gasteiger partial charge in [0, 0.05) is 12.2 Å². The lowest BCUT2D eigenvalue weighted by Crippen LogP contribution is -2.14. The largest absolute Gasteiger partial charge is 0.465 e. The van der Waals surface area contributed by atoms with Crippen LogP contribution in [-0.2, 0) is 11.3 Å². The first kappa shape index (κ1) is 19.0. The average molecular weight is 380 g/mol. The van der Waals surface area contributed by atoms with Crippen LogP contribution >= 0.6 is 0 Å². The number of hydrogen-bond acceptors (Lipinski definition) is 6. The van der Waals surface area contributed by atoms with Crippen molar-refractivity contribution in [2.75, 3.05) is 17.7 Å². The number of anilines is 2. The minimum absolute atomic E-state index is 0.143. The molecule has 1 aromatic heterocycles. The van der Waals surface area contributed by atoms with E-state index < -0.39 is 11.9 Å². The summed E-state index contributed by atoms with van der Waals surface area (Å²) in [7, 11) is 1.30. The molecule has 0 aliphatic carbocycles. The minimum Gasteiger partial charge on any atom is -0.465 e. The molecule has 0 fully saturated rings. The van der Waals surface area contributed by atoms with Crippen LogP contribution in [0.2, 0.25) is 0 Å². The van der Waals surface area contributed by atoms with Gasteiger partial charge in [-0.2, -0.15) is 0 Å². The van der Waals surface area contributed by atoms with Crippen molar-refractivity contribution < 1.29 is 18.7 Å². The predicted octanol–water partition coefficient (Wildman–Crippen LogP) is 3.27. The molecule has 8 heteroatoms. The summed E-state index contributed by atoms with van der Waals surface area (Å²) in [6.45, 7) is 0.451. The van der Waals surface area contributed by atoms with E-state index in [-0.39, 0.29) is 11.5 Å². The van der Waals surface area contributed by atoms with E-state index in [1.54, 1.807) is 36.4 Å². The van der Waals surface area contributed by atoms with E-state index in [0.717, 1.165) is 5.56 Å². The Kier molecular flexibility index (Phi) is 5.91. The number of benzene rings is 2. The van der Waals surface area contributed by atoms with Crippen LogP contribution in [0, 0.1) is 5.82 Å². The lowest BCUT2D eigenvalue weighted by atomic mass is 10.2. The van der Waals surface area contributed by atoms with Gasteiger partial charge in [-0.05, 0) is 42.0 Å². The van der Waals surface area contributed by atoms with Crippen molar-refractivity contribution in [3.05, 3.63) is 83.6 Å². The third-order valence-electron chi connectivity index (χ3n) is 3.84. The van der Waals surface area contributed by atoms with Crippen LogP contribution in [-0.4, -0.2) is 29.0 Å². The zero-order chi connectivity index (χ0) is 19.9. The highest BCUT2D eigenvalue weighted by atomic mass is 19.1. The molecule has 1 amide bonds. The van der Waals surface area contributed by atoms with Crippen molar-refractivity contribution >= 4 is 23.4 Å². The van der Waals surface area contributed by atoms with Crippen LogP contribution < -0.4 is 10.6 Å². The molecule has 0 bridgehead atoms. The maximum absolute atomic E-state index is 12.9. The number of methoxy groups -OCH3 is 1. The second-order valence-corrected chi connectivity index (χ2v) is 5.79. The van der Waals surface area contributed by atoms with Crippen LogP contribution in [0.3, 0.4) is 0 Å². The lowest BCUT2D eigenvalue weighted by molar-refractivity contribution is 0.0600. The van der Waals surface area contributed by atoms with Gasteiger partial charge in [0.05, 0.1) is 25.1 Å². The van der Waals surface area contributed by atoms with E-state index in [0.29, 0.717) is 23.6 Å². The maximum Gasteiger partial charge on any atom is 0.337 e. The predicted molar refractivity (Wildman–Crippen MR) is 101 cm³/mol. The third-order valence-corrected chi connectivity index (χ3v) is 3.84. The molecule has 0 aliphatic heterocycles. The van der Waals surface area contributed by atoms with Gasteiger partial charge < -0.3 is 15.4 Å². The first-order valence-corrected chi connectivity index (χ1v) is 8.35. The Morgan fingerprint density at radius 1 is 1.00 bits per heavy atom. The molecule has 0 aliphatic rings. The molecule has 28 heavy (non-hydrogen) atoms. The van der Waals surface area contributed by atoms with Crippen LogP contribution in [0.5, 0.6) is 0 Å². The van der Waals surface area contributed by atoms with E-state index in [2.05, 4.69) is 25.3 Å². The Morgan fingerprint density at radius 2 is 1.71 bits per heavy atom. The summed E-state index contributed by atoms with van der Waals surface area (Å²) in [5.74, 6) is -0.682. The summed E-state index contributed by atoms with van der Waals surface area (Å²) >= 11 is 0. The smallest absolute Gasteiger partial charge is 0.337 e. The van der Waals surface area contributed by atoms with E-state index in [9.17, 15) is 14.0 Å². The number of nitrogens with one attached hydrogen (secondary N) is 2. The molecule has 0 atom stereocenters. The normalized spacial score (nSPS) is 10.2. The first-order valence-electron chi connectivity index (χ1n) is 8.35. The van der Waals surface area contributed by atoms with Crippen molar-refractivity contribution in [2.45, 2.75) is 6.54 Å². The Hall–Kier alpha value is -3.81. The number of carbonyl (C=O) groups excluding carboxylic acids is 2. The Morgan fingerprint density at radius 3 is 2.32 bits per heavy atom. The zero-order valence-electron chi connectivity index (χ0n) is 15.0. The average Bonchev–Trinajstić information content (AvgIpc) is 2.73. The fraction of sp³-hybridized carbons (Fsp3) is 0.100. The number of rotatable bonds is 6. The van der Waals surface area contributed by atoms with E-state index in [1.807, 2.05) is 0 Å². The second-order valence-electron chi connectivity index (χ2n) is 5.79. The molecule has 2 N–H and O–H groups in total. The molecule has 0 unspecified atom stereocenters. The lowest BCUT2D eigenvalue weighted by Gasteiger charge is -2.07. The van der Waals surface area contributed by atoms with Crippen LogP contribution in [0.1, 0.15) is 26.4 Å². The Balaban J connectivity index is 1.57. The molecule has 1 heterocycles. The summed E-state index contributed by atoms with van der Waals surface area (Å²) in [5.41, 5.74) is 1.93. The van der Waals surface area contributed by atoms with Gasteiger partial charge >= 0.3 is 5.97 Å². The first-order chi connectivity index (χ1) is 13.5. The highest BCUT2D eigenvalue weighted by Gasteiger charge is 2.10. The van der Waals surface area contributed by atoms with Gasteiger partial charge in [-0.15, -0.1) is 0 Å². The SMILES string of the molecule is COC(=O)c1ccc(NC(=O)c2cnc(NCc3ccc(F)cc3)cn2)cc1. The molecule has 0 spiro atoms. The van der Waals surface area contributed by atoms with Crippen molar-refractivity contribution in [1.29, 1.82) is 0 Å². The molecule has 142 valence electrons. The molecule has 0 saturated heterocycles. The molecule has 0 radical (unpaired) electrons. The number of halogens is 1. The van der Waals surface area contributed by atoms with Gasteiger partial charge in [-0.1, -0.05) is 12.1 Å². The molecular weight excluding hydrogens is 363 g/mol. The molecule has 3 aromatic rings. The van der Waals surface area contributed by atoms with E-state index >= 15 is 0 Å². The van der Waals surface area contributed by atoms with Gasteiger partial charge in [0.25, 0.3) is 5.91 Å². The highest BCUT2D eigenvalue weighted by molar-refractivity contribution is 6.03. The number of esters is 1. The van der Waals surface area contributed by atoms with E-state index in [4.69, 9.17) is 0 Å². The zero-order valence-corrected chi connectivity index (χ0v) is 15.0. The van der Waals surface area contributed by atoms with Crippen molar-refractivity contribution in [3.63, 3.8) is 0 Å². The van der Waals surface area contributed by atoms with Crippen LogP contribution in [0.4, 0.5) is 15.9 Å². The Bertz CT molecular complexity index is 958. The molecule has 3 rings (SSSR count). The number of aromatic nitrogens is 2. The van der Waals surface area contributed by atoms with Gasteiger partial charge in [0.15, 0.2) is 0 Å². The third kappa shape index (κ3) is 4.88. The van der Waals surface area contributed by atoms with Crippen molar-refractivity contribution in [3.8, 4) is 0 Å². The van der Waals surface area contributed by atoms with Crippen molar-refractivity contribution in [2.24, 2.45) is 0 Å². The summed E-state index contributed by atoms with van der Waals surface area (Å²) in [4.78, 5) is 31.9. The van der Waals surface area contributed by atoms with E-state index in [1.165, 1.54) is 31.6 Å². The standard InChI is InChI=1S/C20H17FN4O3/c1-28-20(27)14-4-8-16(9-5-14)25-19(26)17-11-24-18(12-22-17)23-10-13-2-6-15(21)7-3-13/h2-9,11-12H,10H2,1H3,(H,23,24)(H,25,26).